The number of aromatic carboxylic acids is 1. The molecule has 0 spiro atoms. The van der Waals surface area contributed by atoms with Crippen LogP contribution in [0.15, 0.2) is 12.1 Å². The van der Waals surface area contributed by atoms with E-state index in [1.165, 1.54) is 0 Å². The summed E-state index contributed by atoms with van der Waals surface area (Å²) in [4.78, 5) is 20.9. The van der Waals surface area contributed by atoms with E-state index in [4.69, 9.17) is 5.11 Å². The van der Waals surface area contributed by atoms with Crippen molar-refractivity contribution in [3.8, 4) is 0 Å². The average molecular weight is 300 g/mol. The zero-order valence-corrected chi connectivity index (χ0v) is 11.7. The minimum absolute atomic E-state index is 0.00484. The van der Waals surface area contributed by atoms with Gasteiger partial charge in [0.15, 0.2) is 0 Å². The van der Waals surface area contributed by atoms with Crippen LogP contribution in [0.4, 0.5) is 15.8 Å². The lowest BCUT2D eigenvalue weighted by molar-refractivity contribution is -0.384. The van der Waals surface area contributed by atoms with Crippen molar-refractivity contribution >= 4 is 17.3 Å². The number of rotatable bonds is 7. The van der Waals surface area contributed by atoms with E-state index in [0.29, 0.717) is 12.5 Å². The summed E-state index contributed by atoms with van der Waals surface area (Å²) in [7, 11) is 0. The second kappa shape index (κ2) is 6.98. The van der Waals surface area contributed by atoms with Crippen molar-refractivity contribution in [1.82, 2.24) is 0 Å². The number of nitrogens with zero attached hydrogens (tertiary/aromatic N) is 1. The number of carboxylic acids is 1. The number of carbonyl (C=O) groups is 1. The standard InChI is InChI=1S/C13H17FN2O5/c1-7(2)3-8(17)6-15-11-5-10(14)9(13(18)19)4-12(11)16(20)21/h4-5,7-8,15,17H,3,6H2,1-2H3,(H,18,19). The fourth-order valence-corrected chi connectivity index (χ4v) is 1.87. The Hall–Kier alpha value is -2.22. The number of hydrogen-bond donors (Lipinski definition) is 3. The van der Waals surface area contributed by atoms with Crippen molar-refractivity contribution in [2.45, 2.75) is 26.4 Å². The Balaban J connectivity index is 2.98. The molecule has 7 nitrogen and oxygen atoms in total. The van der Waals surface area contributed by atoms with E-state index in [-0.39, 0.29) is 18.2 Å². The molecule has 116 valence electrons. The van der Waals surface area contributed by atoms with Crippen LogP contribution in [-0.2, 0) is 0 Å². The number of halogens is 1. The molecule has 1 aromatic carbocycles. The number of nitro groups is 1. The third-order valence-corrected chi connectivity index (χ3v) is 2.78. The van der Waals surface area contributed by atoms with Gasteiger partial charge < -0.3 is 15.5 Å². The molecule has 1 rings (SSSR count). The number of benzene rings is 1. The first-order valence-corrected chi connectivity index (χ1v) is 6.35. The van der Waals surface area contributed by atoms with Gasteiger partial charge in [-0.15, -0.1) is 0 Å². The molecule has 0 saturated heterocycles. The third-order valence-electron chi connectivity index (χ3n) is 2.78. The van der Waals surface area contributed by atoms with Gasteiger partial charge in [0, 0.05) is 18.7 Å². The van der Waals surface area contributed by atoms with Crippen LogP contribution in [0.5, 0.6) is 0 Å². The lowest BCUT2D eigenvalue weighted by Crippen LogP contribution is -2.21. The van der Waals surface area contributed by atoms with Crippen LogP contribution in [0.1, 0.15) is 30.6 Å². The minimum Gasteiger partial charge on any atom is -0.478 e. The zero-order chi connectivity index (χ0) is 16.2. The molecular weight excluding hydrogens is 283 g/mol. The first kappa shape index (κ1) is 16.8. The van der Waals surface area contributed by atoms with E-state index < -0.39 is 34.1 Å². The first-order valence-electron chi connectivity index (χ1n) is 6.35. The van der Waals surface area contributed by atoms with E-state index in [9.17, 15) is 24.4 Å². The van der Waals surface area contributed by atoms with Gasteiger partial charge in [-0.25, -0.2) is 9.18 Å². The highest BCUT2D eigenvalue weighted by Crippen LogP contribution is 2.28. The molecule has 1 atom stereocenters. The predicted molar refractivity (Wildman–Crippen MR) is 74.0 cm³/mol. The molecule has 8 heteroatoms. The number of nitrogens with one attached hydrogen (secondary N) is 1. The van der Waals surface area contributed by atoms with Crippen LogP contribution in [0, 0.1) is 21.8 Å². The summed E-state index contributed by atoms with van der Waals surface area (Å²) in [6.45, 7) is 3.82. The summed E-state index contributed by atoms with van der Waals surface area (Å²) in [5.74, 6) is -2.42. The van der Waals surface area contributed by atoms with Crippen molar-refractivity contribution in [1.29, 1.82) is 0 Å². The summed E-state index contributed by atoms with van der Waals surface area (Å²) in [6, 6.07) is 1.42. The van der Waals surface area contributed by atoms with Gasteiger partial charge in [-0.1, -0.05) is 13.8 Å². The van der Waals surface area contributed by atoms with Gasteiger partial charge in [-0.2, -0.15) is 0 Å². The average Bonchev–Trinajstić information content (AvgIpc) is 2.34. The fourth-order valence-electron chi connectivity index (χ4n) is 1.87. The van der Waals surface area contributed by atoms with Gasteiger partial charge in [-0.3, -0.25) is 10.1 Å². The number of aliphatic hydroxyl groups is 1. The molecule has 0 aliphatic heterocycles. The summed E-state index contributed by atoms with van der Waals surface area (Å²) in [6.07, 6.45) is -0.261. The number of carboxylic acid groups (broad SMARTS) is 1. The summed E-state index contributed by atoms with van der Waals surface area (Å²) in [5.41, 5.74) is -1.48. The SMILES string of the molecule is CC(C)CC(O)CNc1cc(F)c(C(=O)O)cc1[N+](=O)[O-]. The second-order valence-corrected chi connectivity index (χ2v) is 5.08. The van der Waals surface area contributed by atoms with Gasteiger partial charge >= 0.3 is 5.97 Å². The van der Waals surface area contributed by atoms with Crippen molar-refractivity contribution in [2.24, 2.45) is 5.92 Å². The maximum atomic E-state index is 13.6. The number of nitro benzene ring substituents is 1. The molecule has 3 N–H and O–H groups in total. The highest BCUT2D eigenvalue weighted by molar-refractivity contribution is 5.90. The van der Waals surface area contributed by atoms with E-state index in [2.05, 4.69) is 5.32 Å². The largest absolute Gasteiger partial charge is 0.478 e. The lowest BCUT2D eigenvalue weighted by atomic mass is 10.1. The summed E-state index contributed by atoms with van der Waals surface area (Å²) in [5, 5.41) is 32.0. The minimum atomic E-state index is -1.58. The maximum Gasteiger partial charge on any atom is 0.338 e. The van der Waals surface area contributed by atoms with Crippen LogP contribution in [0.3, 0.4) is 0 Å². The molecule has 0 amide bonds. The molecule has 0 fully saturated rings. The van der Waals surface area contributed by atoms with Crippen LogP contribution in [0.2, 0.25) is 0 Å². The Bertz CT molecular complexity index is 548. The third kappa shape index (κ3) is 4.67. The number of aliphatic hydroxyl groups excluding tert-OH is 1. The summed E-state index contributed by atoms with van der Waals surface area (Å²) < 4.78 is 13.6. The van der Waals surface area contributed by atoms with Crippen molar-refractivity contribution < 1.29 is 24.3 Å². The van der Waals surface area contributed by atoms with E-state index in [1.54, 1.807) is 0 Å². The van der Waals surface area contributed by atoms with E-state index >= 15 is 0 Å². The molecule has 0 aliphatic carbocycles. The monoisotopic (exact) mass is 300 g/mol. The van der Waals surface area contributed by atoms with Crippen LogP contribution in [-0.4, -0.2) is 33.8 Å². The van der Waals surface area contributed by atoms with Crippen LogP contribution in [0.25, 0.3) is 0 Å². The van der Waals surface area contributed by atoms with Crippen molar-refractivity contribution in [3.05, 3.63) is 33.6 Å². The van der Waals surface area contributed by atoms with Gasteiger partial charge in [0.05, 0.1) is 11.0 Å². The highest BCUT2D eigenvalue weighted by atomic mass is 19.1. The number of anilines is 1. The fraction of sp³-hybridized carbons (Fsp3) is 0.462. The van der Waals surface area contributed by atoms with E-state index in [1.807, 2.05) is 13.8 Å². The Labute approximate surface area is 120 Å². The Kier molecular flexibility index (Phi) is 5.60. The molecule has 0 radical (unpaired) electrons. The highest BCUT2D eigenvalue weighted by Gasteiger charge is 2.22. The molecule has 0 bridgehead atoms. The normalized spacial score (nSPS) is 12.2. The second-order valence-electron chi connectivity index (χ2n) is 5.08. The molecule has 0 aliphatic rings. The van der Waals surface area contributed by atoms with Crippen molar-refractivity contribution in [2.75, 3.05) is 11.9 Å². The van der Waals surface area contributed by atoms with Crippen LogP contribution < -0.4 is 5.32 Å². The molecule has 0 aromatic heterocycles. The Morgan fingerprint density at radius 2 is 2.10 bits per heavy atom. The molecule has 1 aromatic rings. The smallest absolute Gasteiger partial charge is 0.338 e. The van der Waals surface area contributed by atoms with E-state index in [0.717, 1.165) is 6.07 Å². The first-order chi connectivity index (χ1) is 9.72. The quantitative estimate of drug-likeness (QED) is 0.526. The van der Waals surface area contributed by atoms with Gasteiger partial charge in [0.2, 0.25) is 0 Å². The predicted octanol–water partition coefficient (Wildman–Crippen LogP) is 2.25. The maximum absolute atomic E-state index is 13.6. The zero-order valence-electron chi connectivity index (χ0n) is 11.7. The van der Waals surface area contributed by atoms with Gasteiger partial charge in [0.25, 0.3) is 5.69 Å². The van der Waals surface area contributed by atoms with Crippen LogP contribution >= 0.6 is 0 Å². The molecule has 0 saturated carbocycles. The summed E-state index contributed by atoms with van der Waals surface area (Å²) >= 11 is 0. The van der Waals surface area contributed by atoms with Gasteiger partial charge in [0.1, 0.15) is 17.1 Å². The molecular formula is C13H17FN2O5. The van der Waals surface area contributed by atoms with Crippen molar-refractivity contribution in [3.63, 3.8) is 0 Å². The Morgan fingerprint density at radius 1 is 1.48 bits per heavy atom. The van der Waals surface area contributed by atoms with Gasteiger partial charge in [-0.05, 0) is 12.3 Å². The molecule has 0 heterocycles. The molecule has 21 heavy (non-hydrogen) atoms. The lowest BCUT2D eigenvalue weighted by Gasteiger charge is -2.15. The topological polar surface area (TPSA) is 113 Å². The Morgan fingerprint density at radius 3 is 2.57 bits per heavy atom. The number of hydrogen-bond acceptors (Lipinski definition) is 5. The molecule has 1 unspecified atom stereocenters.